The molecule has 0 aliphatic carbocycles. The summed E-state index contributed by atoms with van der Waals surface area (Å²) in [5.41, 5.74) is 6.42. The molecule has 2 amide bonds. The van der Waals surface area contributed by atoms with Crippen LogP contribution in [0.5, 0.6) is 0 Å². The summed E-state index contributed by atoms with van der Waals surface area (Å²) in [5, 5.41) is 3.59. The number of piperazine rings is 1. The maximum absolute atomic E-state index is 13.7. The molecule has 40 heavy (non-hydrogen) atoms. The minimum absolute atomic E-state index is 0.0133. The monoisotopic (exact) mass is 580 g/mol. The highest BCUT2D eigenvalue weighted by Gasteiger charge is 2.30. The topological polar surface area (TPSA) is 103 Å². The number of likely N-dealkylation sites (N-methyl/N-ethyl adjacent to an activating group) is 1. The minimum Gasteiger partial charge on any atom is -0.358 e. The van der Waals surface area contributed by atoms with Crippen LogP contribution in [0.1, 0.15) is 39.3 Å². The Morgan fingerprint density at radius 2 is 1.77 bits per heavy atom. The summed E-state index contributed by atoms with van der Waals surface area (Å²) in [7, 11) is -1.14. The van der Waals surface area contributed by atoms with Crippen molar-refractivity contribution in [2.45, 2.75) is 19.8 Å². The van der Waals surface area contributed by atoms with Crippen molar-refractivity contribution in [2.24, 2.45) is 0 Å². The molecule has 3 heterocycles. The van der Waals surface area contributed by atoms with Crippen LogP contribution in [0, 0.1) is 6.92 Å². The highest BCUT2D eigenvalue weighted by Crippen LogP contribution is 2.41. The number of benzene rings is 2. The van der Waals surface area contributed by atoms with Crippen molar-refractivity contribution < 1.29 is 18.0 Å². The molecule has 1 saturated heterocycles. The number of nitrogens with one attached hydrogen (secondary N) is 2. The third-order valence-corrected chi connectivity index (χ3v) is 8.82. The van der Waals surface area contributed by atoms with Gasteiger partial charge in [-0.25, -0.2) is 8.42 Å². The molecule has 2 aliphatic heterocycles. The van der Waals surface area contributed by atoms with Gasteiger partial charge in [0.15, 0.2) is 0 Å². The lowest BCUT2D eigenvalue weighted by molar-refractivity contribution is -0.110. The van der Waals surface area contributed by atoms with Gasteiger partial charge in [-0.1, -0.05) is 35.9 Å². The molecule has 10 heteroatoms. The minimum atomic E-state index is -3.17. The molecule has 0 radical (unpaired) electrons. The van der Waals surface area contributed by atoms with Crippen molar-refractivity contribution in [1.29, 1.82) is 0 Å². The molecule has 3 aromatic rings. The molecular weight excluding hydrogens is 548 g/mol. The molecule has 8 nitrogen and oxygen atoms in total. The van der Waals surface area contributed by atoms with E-state index in [-0.39, 0.29) is 17.6 Å². The zero-order valence-corrected chi connectivity index (χ0v) is 24.5. The van der Waals surface area contributed by atoms with E-state index in [1.807, 2.05) is 61.3 Å². The van der Waals surface area contributed by atoms with Crippen LogP contribution < -0.4 is 5.32 Å². The predicted molar refractivity (Wildman–Crippen MR) is 160 cm³/mol. The second-order valence-electron chi connectivity index (χ2n) is 10.6. The molecular formula is C30H33ClN4O4S. The Bertz CT molecular complexity index is 1600. The maximum Gasteiger partial charge on any atom is 0.256 e. The van der Waals surface area contributed by atoms with Gasteiger partial charge in [0.2, 0.25) is 0 Å². The standard InChI is InChI=1S/C30H33ClN4O4S/c1-19-27(30(37)35-15-13-34(2)14-16-35)23(7-5-17-40(3,38)39)26(32-19)18-24-28-22(20-9-11-21(31)12-10-20)6-4-8-25(28)33-29(24)36/h4,6,8-12,18,32H,5,7,13-17H2,1-3H3,(H,33,36). The van der Waals surface area contributed by atoms with Crippen LogP contribution in [0.15, 0.2) is 42.5 Å². The number of aromatic amines is 1. The van der Waals surface area contributed by atoms with Crippen LogP contribution in [0.3, 0.4) is 0 Å². The Balaban J connectivity index is 1.59. The molecule has 0 saturated carbocycles. The van der Waals surface area contributed by atoms with E-state index in [9.17, 15) is 18.0 Å². The van der Waals surface area contributed by atoms with Gasteiger partial charge in [-0.2, -0.15) is 0 Å². The van der Waals surface area contributed by atoms with Crippen LogP contribution in [0.25, 0.3) is 22.8 Å². The van der Waals surface area contributed by atoms with E-state index in [4.69, 9.17) is 11.6 Å². The van der Waals surface area contributed by atoms with Crippen LogP contribution in [0.4, 0.5) is 5.69 Å². The lowest BCUT2D eigenvalue weighted by Gasteiger charge is -2.32. The number of aryl methyl sites for hydroxylation is 1. The number of fused-ring (bicyclic) bond motifs is 1. The van der Waals surface area contributed by atoms with Gasteiger partial charge in [-0.15, -0.1) is 0 Å². The van der Waals surface area contributed by atoms with Crippen molar-refractivity contribution in [3.05, 3.63) is 75.6 Å². The fraction of sp³-hybridized carbons (Fsp3) is 0.333. The van der Waals surface area contributed by atoms with Gasteiger partial charge in [-0.3, -0.25) is 9.59 Å². The Morgan fingerprint density at radius 3 is 2.45 bits per heavy atom. The van der Waals surface area contributed by atoms with Crippen molar-refractivity contribution in [1.82, 2.24) is 14.8 Å². The Labute approximate surface area is 239 Å². The van der Waals surface area contributed by atoms with Crippen molar-refractivity contribution in [2.75, 3.05) is 50.6 Å². The SMILES string of the molecule is Cc1[nH]c(C=C2C(=O)Nc3cccc(-c4ccc(Cl)cc4)c32)c(CCCS(C)(=O)=O)c1C(=O)N1CCN(C)CC1. The quantitative estimate of drug-likeness (QED) is 0.401. The smallest absolute Gasteiger partial charge is 0.256 e. The molecule has 0 unspecified atom stereocenters. The van der Waals surface area contributed by atoms with E-state index in [0.29, 0.717) is 59.2 Å². The summed E-state index contributed by atoms with van der Waals surface area (Å²) in [6.45, 7) is 4.69. The van der Waals surface area contributed by atoms with E-state index in [0.717, 1.165) is 35.3 Å². The molecule has 0 spiro atoms. The molecule has 1 aromatic heterocycles. The van der Waals surface area contributed by atoms with Crippen molar-refractivity contribution in [3.63, 3.8) is 0 Å². The van der Waals surface area contributed by atoms with Crippen LogP contribution >= 0.6 is 11.6 Å². The third-order valence-electron chi connectivity index (χ3n) is 7.54. The number of rotatable bonds is 7. The van der Waals surface area contributed by atoms with Crippen molar-refractivity contribution >= 4 is 50.6 Å². The van der Waals surface area contributed by atoms with Gasteiger partial charge >= 0.3 is 0 Å². The lowest BCUT2D eigenvalue weighted by atomic mass is 9.93. The van der Waals surface area contributed by atoms with Crippen LogP contribution in [0.2, 0.25) is 5.02 Å². The molecule has 5 rings (SSSR count). The summed E-state index contributed by atoms with van der Waals surface area (Å²) < 4.78 is 23.8. The van der Waals surface area contributed by atoms with Gasteiger partial charge < -0.3 is 20.1 Å². The molecule has 0 atom stereocenters. The number of carbonyl (C=O) groups excluding carboxylic acids is 2. The molecule has 2 N–H and O–H groups in total. The van der Waals surface area contributed by atoms with E-state index < -0.39 is 9.84 Å². The largest absolute Gasteiger partial charge is 0.358 e. The first-order valence-corrected chi connectivity index (χ1v) is 15.7. The van der Waals surface area contributed by atoms with Gasteiger partial charge in [0.25, 0.3) is 11.8 Å². The zero-order chi connectivity index (χ0) is 28.6. The molecule has 2 aliphatic rings. The number of anilines is 1. The van der Waals surface area contributed by atoms with E-state index in [1.54, 1.807) is 6.08 Å². The highest BCUT2D eigenvalue weighted by molar-refractivity contribution is 7.90. The first-order valence-electron chi connectivity index (χ1n) is 13.3. The molecule has 0 bridgehead atoms. The number of H-pyrrole nitrogens is 1. The van der Waals surface area contributed by atoms with Gasteiger partial charge in [0.1, 0.15) is 9.84 Å². The number of sulfone groups is 1. The number of halogens is 1. The maximum atomic E-state index is 13.7. The third kappa shape index (κ3) is 5.87. The fourth-order valence-corrected chi connectivity index (χ4v) is 6.25. The molecule has 1 fully saturated rings. The number of carbonyl (C=O) groups is 2. The number of hydrogen-bond donors (Lipinski definition) is 2. The average molecular weight is 581 g/mol. The normalized spacial score (nSPS) is 16.9. The van der Waals surface area contributed by atoms with Crippen LogP contribution in [-0.2, 0) is 21.1 Å². The summed E-state index contributed by atoms with van der Waals surface area (Å²) in [6.07, 6.45) is 3.77. The number of amides is 2. The first-order chi connectivity index (χ1) is 19.0. The average Bonchev–Trinajstić information content (AvgIpc) is 3.39. The number of nitrogens with zero attached hydrogens (tertiary/aromatic N) is 2. The summed E-state index contributed by atoms with van der Waals surface area (Å²) in [6, 6.07) is 13.2. The highest BCUT2D eigenvalue weighted by atomic mass is 35.5. The molecule has 210 valence electrons. The first kappa shape index (κ1) is 28.1. The van der Waals surface area contributed by atoms with E-state index in [1.165, 1.54) is 6.26 Å². The fourth-order valence-electron chi connectivity index (χ4n) is 5.45. The summed E-state index contributed by atoms with van der Waals surface area (Å²) >= 11 is 6.12. The Kier molecular flexibility index (Phi) is 7.90. The van der Waals surface area contributed by atoms with Crippen LogP contribution in [-0.4, -0.2) is 80.3 Å². The zero-order valence-electron chi connectivity index (χ0n) is 22.9. The summed E-state index contributed by atoms with van der Waals surface area (Å²) in [4.78, 5) is 34.4. The lowest BCUT2D eigenvalue weighted by Crippen LogP contribution is -2.47. The van der Waals surface area contributed by atoms with E-state index >= 15 is 0 Å². The number of hydrogen-bond acceptors (Lipinski definition) is 5. The Hall–Kier alpha value is -3.40. The van der Waals surface area contributed by atoms with Crippen molar-refractivity contribution in [3.8, 4) is 11.1 Å². The van der Waals surface area contributed by atoms with Gasteiger partial charge in [0, 0.05) is 60.1 Å². The number of aromatic nitrogens is 1. The van der Waals surface area contributed by atoms with E-state index in [2.05, 4.69) is 15.2 Å². The van der Waals surface area contributed by atoms with Gasteiger partial charge in [0.05, 0.1) is 16.9 Å². The molecule has 2 aromatic carbocycles. The summed E-state index contributed by atoms with van der Waals surface area (Å²) in [5.74, 6) is -0.295. The second-order valence-corrected chi connectivity index (χ2v) is 13.3. The van der Waals surface area contributed by atoms with Gasteiger partial charge in [-0.05, 0) is 67.8 Å². The Morgan fingerprint density at radius 1 is 1.07 bits per heavy atom. The predicted octanol–water partition coefficient (Wildman–Crippen LogP) is 4.50. The second kappa shape index (κ2) is 11.2.